The molecule has 0 radical (unpaired) electrons. The lowest BCUT2D eigenvalue weighted by Gasteiger charge is -2.02. The van der Waals surface area contributed by atoms with E-state index >= 15 is 0 Å². The van der Waals surface area contributed by atoms with Gasteiger partial charge in [-0.25, -0.2) is 0 Å². The highest BCUT2D eigenvalue weighted by molar-refractivity contribution is 6.30. The van der Waals surface area contributed by atoms with Crippen LogP contribution in [0.2, 0.25) is 5.02 Å². The zero-order valence-corrected chi connectivity index (χ0v) is 10.3. The van der Waals surface area contributed by atoms with Gasteiger partial charge < -0.3 is 5.11 Å². The van der Waals surface area contributed by atoms with E-state index in [-0.39, 0.29) is 6.61 Å². The van der Waals surface area contributed by atoms with Crippen LogP contribution >= 0.6 is 11.6 Å². The van der Waals surface area contributed by atoms with E-state index in [0.717, 1.165) is 35.5 Å². The quantitative estimate of drug-likeness (QED) is 0.886. The predicted octanol–water partition coefficient (Wildman–Crippen LogP) is 2.51. The van der Waals surface area contributed by atoms with Crippen LogP contribution in [0.15, 0.2) is 36.7 Å². The van der Waals surface area contributed by atoms with Crippen molar-refractivity contribution in [1.82, 2.24) is 9.78 Å². The average molecular weight is 251 g/mol. The van der Waals surface area contributed by atoms with Crippen molar-refractivity contribution in [2.24, 2.45) is 0 Å². The van der Waals surface area contributed by atoms with Gasteiger partial charge in [0.15, 0.2) is 0 Å². The van der Waals surface area contributed by atoms with Crippen molar-refractivity contribution >= 4 is 11.6 Å². The van der Waals surface area contributed by atoms with Crippen LogP contribution in [0, 0.1) is 0 Å². The molecule has 0 fully saturated rings. The highest BCUT2D eigenvalue weighted by Gasteiger charge is 2.00. The topological polar surface area (TPSA) is 38.1 Å². The minimum Gasteiger partial charge on any atom is -0.396 e. The van der Waals surface area contributed by atoms with Crippen molar-refractivity contribution < 1.29 is 5.11 Å². The van der Waals surface area contributed by atoms with Crippen LogP contribution in [0.25, 0.3) is 0 Å². The Balaban J connectivity index is 2.01. The fourth-order valence-electron chi connectivity index (χ4n) is 1.73. The standard InChI is InChI=1S/C13H15ClN2O/c14-13-5-1-3-11(7-13)9-16-10-12(8-15-16)4-2-6-17/h1,3,5,7-8,10,17H,2,4,6,9H2. The maximum atomic E-state index is 8.76. The predicted molar refractivity (Wildman–Crippen MR) is 68.2 cm³/mol. The van der Waals surface area contributed by atoms with Crippen molar-refractivity contribution in [3.63, 3.8) is 0 Å². The van der Waals surface area contributed by atoms with Crippen molar-refractivity contribution in [1.29, 1.82) is 0 Å². The second-order valence-electron chi connectivity index (χ2n) is 4.00. The number of hydrogen-bond acceptors (Lipinski definition) is 2. The second-order valence-corrected chi connectivity index (χ2v) is 4.44. The molecule has 0 saturated heterocycles. The first-order valence-corrected chi connectivity index (χ1v) is 6.02. The van der Waals surface area contributed by atoms with E-state index in [2.05, 4.69) is 5.10 Å². The summed E-state index contributed by atoms with van der Waals surface area (Å²) in [6.45, 7) is 0.944. The zero-order valence-electron chi connectivity index (χ0n) is 9.51. The molecule has 1 heterocycles. The van der Waals surface area contributed by atoms with Crippen LogP contribution in [-0.2, 0) is 13.0 Å². The third-order valence-electron chi connectivity index (χ3n) is 2.54. The van der Waals surface area contributed by atoms with E-state index in [4.69, 9.17) is 16.7 Å². The van der Waals surface area contributed by atoms with Gasteiger partial charge in [-0.2, -0.15) is 5.10 Å². The molecule has 0 spiro atoms. The van der Waals surface area contributed by atoms with Crippen molar-refractivity contribution in [3.05, 3.63) is 52.8 Å². The number of aliphatic hydroxyl groups is 1. The molecule has 0 saturated carbocycles. The molecule has 1 aromatic heterocycles. The minimum absolute atomic E-state index is 0.222. The fraction of sp³-hybridized carbons (Fsp3) is 0.308. The molecule has 1 N–H and O–H groups in total. The highest BCUT2D eigenvalue weighted by Crippen LogP contribution is 2.12. The molecule has 1 aromatic carbocycles. The summed E-state index contributed by atoms with van der Waals surface area (Å²) in [7, 11) is 0. The lowest BCUT2D eigenvalue weighted by molar-refractivity contribution is 0.288. The Morgan fingerprint density at radius 3 is 2.94 bits per heavy atom. The first-order chi connectivity index (χ1) is 8.28. The van der Waals surface area contributed by atoms with Gasteiger partial charge in [0.25, 0.3) is 0 Å². The Morgan fingerprint density at radius 1 is 1.29 bits per heavy atom. The van der Waals surface area contributed by atoms with Crippen LogP contribution < -0.4 is 0 Å². The maximum Gasteiger partial charge on any atom is 0.0659 e. The molecular weight excluding hydrogens is 236 g/mol. The molecule has 4 heteroatoms. The van der Waals surface area contributed by atoms with Crippen molar-refractivity contribution in [2.75, 3.05) is 6.61 Å². The van der Waals surface area contributed by atoms with E-state index in [0.29, 0.717) is 0 Å². The first-order valence-electron chi connectivity index (χ1n) is 5.64. The number of benzene rings is 1. The molecule has 17 heavy (non-hydrogen) atoms. The molecule has 2 aromatic rings. The molecule has 3 nitrogen and oxygen atoms in total. The molecule has 90 valence electrons. The summed E-state index contributed by atoms with van der Waals surface area (Å²) < 4.78 is 1.89. The number of aromatic nitrogens is 2. The Labute approximate surface area is 106 Å². The van der Waals surface area contributed by atoms with E-state index in [1.807, 2.05) is 41.3 Å². The number of rotatable bonds is 5. The van der Waals surface area contributed by atoms with Gasteiger partial charge in [-0.15, -0.1) is 0 Å². The van der Waals surface area contributed by atoms with E-state index < -0.39 is 0 Å². The lowest BCUT2D eigenvalue weighted by Crippen LogP contribution is -1.99. The van der Waals surface area contributed by atoms with Gasteiger partial charge in [0.05, 0.1) is 12.7 Å². The second kappa shape index (κ2) is 5.84. The molecule has 2 rings (SSSR count). The Bertz CT molecular complexity index is 482. The van der Waals surface area contributed by atoms with Crippen LogP contribution in [-0.4, -0.2) is 21.5 Å². The summed E-state index contributed by atoms with van der Waals surface area (Å²) in [5, 5.41) is 13.8. The maximum absolute atomic E-state index is 8.76. The largest absolute Gasteiger partial charge is 0.396 e. The Hall–Kier alpha value is -1.32. The smallest absolute Gasteiger partial charge is 0.0659 e. The molecule has 0 atom stereocenters. The van der Waals surface area contributed by atoms with Gasteiger partial charge in [0.2, 0.25) is 0 Å². The third kappa shape index (κ3) is 3.58. The molecule has 0 aliphatic rings. The van der Waals surface area contributed by atoms with E-state index in [1.165, 1.54) is 0 Å². The van der Waals surface area contributed by atoms with Crippen molar-refractivity contribution in [2.45, 2.75) is 19.4 Å². The number of aliphatic hydroxyl groups excluding tert-OH is 1. The highest BCUT2D eigenvalue weighted by atomic mass is 35.5. The fourth-order valence-corrected chi connectivity index (χ4v) is 1.94. The van der Waals surface area contributed by atoms with E-state index in [9.17, 15) is 0 Å². The number of nitrogens with zero attached hydrogens (tertiary/aromatic N) is 2. The molecule has 0 unspecified atom stereocenters. The van der Waals surface area contributed by atoms with Crippen LogP contribution in [0.3, 0.4) is 0 Å². The summed E-state index contributed by atoms with van der Waals surface area (Å²) in [6, 6.07) is 7.77. The van der Waals surface area contributed by atoms with Crippen molar-refractivity contribution in [3.8, 4) is 0 Å². The van der Waals surface area contributed by atoms with Crippen LogP contribution in [0.1, 0.15) is 17.5 Å². The summed E-state index contributed by atoms with van der Waals surface area (Å²) in [5.74, 6) is 0. The van der Waals surface area contributed by atoms with Crippen LogP contribution in [0.5, 0.6) is 0 Å². The van der Waals surface area contributed by atoms with Gasteiger partial charge in [-0.05, 0) is 36.1 Å². The third-order valence-corrected chi connectivity index (χ3v) is 2.78. The molecule has 0 aliphatic heterocycles. The molecule has 0 amide bonds. The van der Waals surface area contributed by atoms with Crippen LogP contribution in [0.4, 0.5) is 0 Å². The molecule has 0 bridgehead atoms. The first kappa shape index (κ1) is 12.1. The molecule has 0 aliphatic carbocycles. The van der Waals surface area contributed by atoms with Gasteiger partial charge in [-0.1, -0.05) is 23.7 Å². The molecular formula is C13H15ClN2O. The Kier molecular flexibility index (Phi) is 4.18. The minimum atomic E-state index is 0.222. The zero-order chi connectivity index (χ0) is 12.1. The average Bonchev–Trinajstić information content (AvgIpc) is 2.74. The summed E-state index contributed by atoms with van der Waals surface area (Å²) in [6.07, 6.45) is 5.51. The summed E-state index contributed by atoms with van der Waals surface area (Å²) >= 11 is 5.93. The Morgan fingerprint density at radius 2 is 2.18 bits per heavy atom. The van der Waals surface area contributed by atoms with Gasteiger partial charge >= 0.3 is 0 Å². The number of hydrogen-bond donors (Lipinski definition) is 1. The summed E-state index contributed by atoms with van der Waals surface area (Å²) in [5.41, 5.74) is 2.29. The van der Waals surface area contributed by atoms with Gasteiger partial charge in [-0.3, -0.25) is 4.68 Å². The summed E-state index contributed by atoms with van der Waals surface area (Å²) in [4.78, 5) is 0. The number of halogens is 1. The monoisotopic (exact) mass is 250 g/mol. The van der Waals surface area contributed by atoms with Gasteiger partial charge in [0.1, 0.15) is 0 Å². The number of aryl methyl sites for hydroxylation is 1. The normalized spacial score (nSPS) is 10.7. The SMILES string of the molecule is OCCCc1cnn(Cc2cccc(Cl)c2)c1. The van der Waals surface area contributed by atoms with E-state index in [1.54, 1.807) is 0 Å². The van der Waals surface area contributed by atoms with Gasteiger partial charge in [0, 0.05) is 17.8 Å². The lowest BCUT2D eigenvalue weighted by atomic mass is 10.2.